The summed E-state index contributed by atoms with van der Waals surface area (Å²) in [5, 5.41) is 3.04. The second-order valence-electron chi connectivity index (χ2n) is 4.99. The van der Waals surface area contributed by atoms with Crippen molar-refractivity contribution in [2.24, 2.45) is 0 Å². The Labute approximate surface area is 144 Å². The third kappa shape index (κ3) is 4.99. The summed E-state index contributed by atoms with van der Waals surface area (Å²) in [6.07, 6.45) is 1.95. The molecule has 1 amide bonds. The number of hydrogen-bond acceptors (Lipinski definition) is 5. The first kappa shape index (κ1) is 17.8. The van der Waals surface area contributed by atoms with Crippen molar-refractivity contribution in [2.75, 3.05) is 26.9 Å². The van der Waals surface area contributed by atoms with E-state index in [2.05, 4.69) is 5.32 Å². The summed E-state index contributed by atoms with van der Waals surface area (Å²) < 4.78 is 15.3. The van der Waals surface area contributed by atoms with Gasteiger partial charge < -0.3 is 19.5 Å². The van der Waals surface area contributed by atoms with Crippen LogP contribution in [0.1, 0.15) is 23.2 Å². The summed E-state index contributed by atoms with van der Waals surface area (Å²) in [5.41, 5.74) is 0.146. The average molecular weight is 362 g/mol. The molecule has 0 radical (unpaired) electrons. The van der Waals surface area contributed by atoms with Gasteiger partial charge in [0, 0.05) is 13.2 Å². The highest BCUT2D eigenvalue weighted by atomic mass is 35.5. The maximum atomic E-state index is 11.9. The SMILES string of the molecule is COc1c(Cl)cc(C(=O)OCC(=O)NC[C@H]2CCCO2)cc1Cl. The molecular weight excluding hydrogens is 345 g/mol. The van der Waals surface area contributed by atoms with Crippen LogP contribution in [0, 0.1) is 0 Å². The van der Waals surface area contributed by atoms with Gasteiger partial charge in [0.1, 0.15) is 0 Å². The molecule has 1 atom stereocenters. The Hall–Kier alpha value is -1.50. The van der Waals surface area contributed by atoms with Crippen LogP contribution in [0.5, 0.6) is 5.75 Å². The molecule has 1 aromatic carbocycles. The van der Waals surface area contributed by atoms with Crippen LogP contribution in [0.15, 0.2) is 12.1 Å². The number of esters is 1. The molecule has 2 rings (SSSR count). The Morgan fingerprint density at radius 2 is 2.04 bits per heavy atom. The van der Waals surface area contributed by atoms with E-state index >= 15 is 0 Å². The number of carbonyl (C=O) groups is 2. The molecule has 1 fully saturated rings. The van der Waals surface area contributed by atoms with Gasteiger partial charge in [0.15, 0.2) is 12.4 Å². The van der Waals surface area contributed by atoms with Crippen LogP contribution >= 0.6 is 23.2 Å². The zero-order valence-electron chi connectivity index (χ0n) is 12.6. The lowest BCUT2D eigenvalue weighted by molar-refractivity contribution is -0.124. The Balaban J connectivity index is 1.83. The molecular formula is C15H17Cl2NO5. The largest absolute Gasteiger partial charge is 0.494 e. The van der Waals surface area contributed by atoms with Crippen molar-refractivity contribution in [1.29, 1.82) is 0 Å². The number of methoxy groups -OCH3 is 1. The fourth-order valence-electron chi connectivity index (χ4n) is 2.17. The van der Waals surface area contributed by atoms with E-state index in [9.17, 15) is 9.59 Å². The maximum Gasteiger partial charge on any atom is 0.338 e. The molecule has 0 spiro atoms. The molecule has 1 aliphatic rings. The van der Waals surface area contributed by atoms with Gasteiger partial charge >= 0.3 is 5.97 Å². The van der Waals surface area contributed by atoms with Crippen LogP contribution in [-0.4, -0.2) is 44.8 Å². The molecule has 0 aromatic heterocycles. The van der Waals surface area contributed by atoms with Crippen molar-refractivity contribution in [3.05, 3.63) is 27.7 Å². The summed E-state index contributed by atoms with van der Waals surface area (Å²) in [5.74, 6) is -0.803. The van der Waals surface area contributed by atoms with Crippen molar-refractivity contribution in [3.63, 3.8) is 0 Å². The van der Waals surface area contributed by atoms with E-state index in [0.29, 0.717) is 13.2 Å². The molecule has 1 saturated heterocycles. The van der Waals surface area contributed by atoms with Gasteiger partial charge in [0.2, 0.25) is 0 Å². The van der Waals surface area contributed by atoms with Crippen LogP contribution in [0.4, 0.5) is 0 Å². The molecule has 23 heavy (non-hydrogen) atoms. The number of benzene rings is 1. The van der Waals surface area contributed by atoms with E-state index in [1.807, 2.05) is 0 Å². The first-order chi connectivity index (χ1) is 11.0. The van der Waals surface area contributed by atoms with Crippen LogP contribution in [0.3, 0.4) is 0 Å². The van der Waals surface area contributed by atoms with E-state index in [1.165, 1.54) is 19.2 Å². The van der Waals surface area contributed by atoms with E-state index in [0.717, 1.165) is 12.8 Å². The van der Waals surface area contributed by atoms with E-state index < -0.39 is 5.97 Å². The highest BCUT2D eigenvalue weighted by molar-refractivity contribution is 6.37. The molecule has 1 N–H and O–H groups in total. The standard InChI is InChI=1S/C15H17Cl2NO5/c1-21-14-11(16)5-9(6-12(14)17)15(20)23-8-13(19)18-7-10-3-2-4-22-10/h5-6,10H,2-4,7-8H2,1H3,(H,18,19)/t10-/m1/s1. The van der Waals surface area contributed by atoms with E-state index in [-0.39, 0.29) is 40.0 Å². The summed E-state index contributed by atoms with van der Waals surface area (Å²) in [7, 11) is 1.42. The van der Waals surface area contributed by atoms with E-state index in [4.69, 9.17) is 37.4 Å². The third-order valence-corrected chi connectivity index (χ3v) is 3.88. The number of rotatable bonds is 6. The lowest BCUT2D eigenvalue weighted by Gasteiger charge is -2.11. The lowest BCUT2D eigenvalue weighted by Crippen LogP contribution is -2.34. The molecule has 0 saturated carbocycles. The Kier molecular flexibility index (Phi) is 6.50. The molecule has 8 heteroatoms. The lowest BCUT2D eigenvalue weighted by atomic mass is 10.2. The molecule has 1 heterocycles. The van der Waals surface area contributed by atoms with Gasteiger partial charge in [-0.2, -0.15) is 0 Å². The minimum Gasteiger partial charge on any atom is -0.494 e. The van der Waals surface area contributed by atoms with Gasteiger partial charge in [-0.3, -0.25) is 4.79 Å². The van der Waals surface area contributed by atoms with Crippen LogP contribution in [-0.2, 0) is 14.3 Å². The minimum absolute atomic E-state index is 0.0360. The van der Waals surface area contributed by atoms with Crippen molar-refractivity contribution in [2.45, 2.75) is 18.9 Å². The predicted octanol–water partition coefficient (Wildman–Crippen LogP) is 2.45. The summed E-state index contributed by atoms with van der Waals surface area (Å²) in [6, 6.07) is 2.75. The Morgan fingerprint density at radius 3 is 2.61 bits per heavy atom. The van der Waals surface area contributed by atoms with Crippen molar-refractivity contribution in [3.8, 4) is 5.75 Å². The highest BCUT2D eigenvalue weighted by Gasteiger charge is 2.18. The van der Waals surface area contributed by atoms with Gasteiger partial charge in [-0.05, 0) is 25.0 Å². The highest BCUT2D eigenvalue weighted by Crippen LogP contribution is 2.33. The molecule has 0 bridgehead atoms. The Bertz CT molecular complexity index is 564. The molecule has 1 aliphatic heterocycles. The van der Waals surface area contributed by atoms with Gasteiger partial charge in [0.05, 0.1) is 28.8 Å². The molecule has 1 aromatic rings. The van der Waals surface area contributed by atoms with Gasteiger partial charge in [-0.25, -0.2) is 4.79 Å². The zero-order chi connectivity index (χ0) is 16.8. The summed E-state index contributed by atoms with van der Waals surface area (Å²) >= 11 is 11.9. The number of halogens is 2. The number of amides is 1. The number of ether oxygens (including phenoxy) is 3. The smallest absolute Gasteiger partial charge is 0.338 e. The molecule has 0 unspecified atom stereocenters. The number of nitrogens with one attached hydrogen (secondary N) is 1. The predicted molar refractivity (Wildman–Crippen MR) is 85.3 cm³/mol. The van der Waals surface area contributed by atoms with Gasteiger partial charge in [0.25, 0.3) is 5.91 Å². The van der Waals surface area contributed by atoms with Crippen molar-refractivity contribution in [1.82, 2.24) is 5.32 Å². The van der Waals surface area contributed by atoms with Gasteiger partial charge in [-0.15, -0.1) is 0 Å². The minimum atomic E-state index is -0.691. The molecule has 0 aliphatic carbocycles. The molecule has 6 nitrogen and oxygen atoms in total. The maximum absolute atomic E-state index is 11.9. The molecule has 126 valence electrons. The number of hydrogen-bond donors (Lipinski definition) is 1. The van der Waals surface area contributed by atoms with Crippen LogP contribution in [0.2, 0.25) is 10.0 Å². The van der Waals surface area contributed by atoms with Crippen LogP contribution < -0.4 is 10.1 Å². The third-order valence-electron chi connectivity index (χ3n) is 3.32. The quantitative estimate of drug-likeness (QED) is 0.787. The normalized spacial score (nSPS) is 16.9. The summed E-state index contributed by atoms with van der Waals surface area (Å²) in [4.78, 5) is 23.6. The van der Waals surface area contributed by atoms with Gasteiger partial charge in [-0.1, -0.05) is 23.2 Å². The number of carbonyl (C=O) groups excluding carboxylic acids is 2. The van der Waals surface area contributed by atoms with Crippen LogP contribution in [0.25, 0.3) is 0 Å². The second kappa shape index (κ2) is 8.38. The second-order valence-corrected chi connectivity index (χ2v) is 5.80. The fraction of sp³-hybridized carbons (Fsp3) is 0.467. The first-order valence-electron chi connectivity index (χ1n) is 7.09. The van der Waals surface area contributed by atoms with E-state index in [1.54, 1.807) is 0 Å². The summed E-state index contributed by atoms with van der Waals surface area (Å²) in [6.45, 7) is 0.748. The zero-order valence-corrected chi connectivity index (χ0v) is 14.1. The Morgan fingerprint density at radius 1 is 1.35 bits per heavy atom. The monoisotopic (exact) mass is 361 g/mol. The fourth-order valence-corrected chi connectivity index (χ4v) is 2.81. The first-order valence-corrected chi connectivity index (χ1v) is 7.85. The van der Waals surface area contributed by atoms with Crippen molar-refractivity contribution < 1.29 is 23.8 Å². The average Bonchev–Trinajstić information content (AvgIpc) is 3.03. The van der Waals surface area contributed by atoms with Crippen molar-refractivity contribution >= 4 is 35.1 Å². The topological polar surface area (TPSA) is 73.9 Å².